The van der Waals surface area contributed by atoms with E-state index in [0.717, 1.165) is 17.8 Å². The number of carbonyl (C=O) groups is 2. The molecule has 0 aromatic heterocycles. The third-order valence-electron chi connectivity index (χ3n) is 5.17. The molecule has 0 radical (unpaired) electrons. The lowest BCUT2D eigenvalue weighted by Crippen LogP contribution is -2.49. The van der Waals surface area contributed by atoms with E-state index >= 15 is 0 Å². The van der Waals surface area contributed by atoms with Crippen LogP contribution in [0.2, 0.25) is 0 Å². The zero-order valence-corrected chi connectivity index (χ0v) is 18.0. The summed E-state index contributed by atoms with van der Waals surface area (Å²) in [6, 6.07) is 4.72. The summed E-state index contributed by atoms with van der Waals surface area (Å²) >= 11 is 5.21. The number of thiocarbonyl (C=S) groups is 1. The van der Waals surface area contributed by atoms with Crippen molar-refractivity contribution < 1.29 is 23.5 Å². The quantitative estimate of drug-likeness (QED) is 0.685. The van der Waals surface area contributed by atoms with E-state index in [1.54, 1.807) is 17.0 Å². The number of carbonyl (C=O) groups excluding carboxylic acids is 2. The number of piperazine rings is 1. The summed E-state index contributed by atoms with van der Waals surface area (Å²) in [7, 11) is 1.34. The molecule has 2 fully saturated rings. The van der Waals surface area contributed by atoms with Gasteiger partial charge in [-0.25, -0.2) is 14.0 Å². The molecule has 0 aliphatic carbocycles. The fourth-order valence-corrected chi connectivity index (χ4v) is 3.85. The number of cyclic esters (lactones) is 1. The van der Waals surface area contributed by atoms with E-state index in [1.807, 2.05) is 11.8 Å². The van der Waals surface area contributed by atoms with E-state index in [0.29, 0.717) is 50.6 Å². The molecule has 2 heterocycles. The molecule has 1 atom stereocenters. The van der Waals surface area contributed by atoms with Crippen LogP contribution in [0.1, 0.15) is 19.8 Å². The molecule has 2 saturated heterocycles. The summed E-state index contributed by atoms with van der Waals surface area (Å²) in [6.45, 7) is 4.73. The first kappa shape index (κ1) is 22.1. The summed E-state index contributed by atoms with van der Waals surface area (Å²) in [5, 5.41) is 3.11. The highest BCUT2D eigenvalue weighted by Gasteiger charge is 2.33. The number of hydrogen-bond acceptors (Lipinski definition) is 6. The zero-order valence-electron chi connectivity index (χ0n) is 17.2. The first-order valence-corrected chi connectivity index (χ1v) is 10.5. The van der Waals surface area contributed by atoms with Gasteiger partial charge in [-0.3, -0.25) is 4.90 Å². The van der Waals surface area contributed by atoms with Gasteiger partial charge in [-0.15, -0.1) is 0 Å². The number of ether oxygens (including phenoxy) is 2. The maximum Gasteiger partial charge on any atom is 0.414 e. The van der Waals surface area contributed by atoms with Crippen LogP contribution in [0.15, 0.2) is 18.2 Å². The predicted octanol–water partition coefficient (Wildman–Crippen LogP) is 2.76. The second-order valence-electron chi connectivity index (χ2n) is 7.25. The molecule has 1 aromatic rings. The van der Waals surface area contributed by atoms with Crippen LogP contribution in [-0.2, 0) is 9.47 Å². The number of nitrogens with zero attached hydrogens (tertiary/aromatic N) is 3. The normalized spacial score (nSPS) is 19.0. The summed E-state index contributed by atoms with van der Waals surface area (Å²) in [5.41, 5.74) is 0.895. The fourth-order valence-electron chi connectivity index (χ4n) is 3.56. The molecule has 8 nitrogen and oxygen atoms in total. The van der Waals surface area contributed by atoms with Crippen LogP contribution in [0.4, 0.5) is 25.4 Å². The summed E-state index contributed by atoms with van der Waals surface area (Å²) in [5.74, 6) is -0.419. The van der Waals surface area contributed by atoms with E-state index in [-0.39, 0.29) is 12.2 Å². The van der Waals surface area contributed by atoms with Crippen molar-refractivity contribution >= 4 is 40.8 Å². The second-order valence-corrected chi connectivity index (χ2v) is 7.74. The lowest BCUT2D eigenvalue weighted by Gasteiger charge is -2.35. The molecule has 2 aliphatic rings. The number of amides is 2. The van der Waals surface area contributed by atoms with Gasteiger partial charge in [0, 0.05) is 26.2 Å². The van der Waals surface area contributed by atoms with Gasteiger partial charge in [0.05, 0.1) is 36.6 Å². The van der Waals surface area contributed by atoms with Crippen molar-refractivity contribution in [3.63, 3.8) is 0 Å². The first-order chi connectivity index (χ1) is 14.4. The molecule has 2 aliphatic heterocycles. The third-order valence-corrected chi connectivity index (χ3v) is 5.52. The highest BCUT2D eigenvalue weighted by atomic mass is 32.1. The van der Waals surface area contributed by atoms with Crippen molar-refractivity contribution in [2.75, 3.05) is 56.2 Å². The van der Waals surface area contributed by atoms with E-state index < -0.39 is 11.9 Å². The maximum absolute atomic E-state index is 14.8. The Morgan fingerprint density at radius 3 is 2.70 bits per heavy atom. The molecule has 164 valence electrons. The lowest BCUT2D eigenvalue weighted by molar-refractivity contribution is 0.121. The number of benzene rings is 1. The summed E-state index contributed by atoms with van der Waals surface area (Å²) in [6.07, 6.45) is 0.521. The second kappa shape index (κ2) is 9.92. The van der Waals surface area contributed by atoms with Gasteiger partial charge in [-0.2, -0.15) is 0 Å². The Bertz CT molecular complexity index is 801. The number of halogens is 1. The highest BCUT2D eigenvalue weighted by Crippen LogP contribution is 2.28. The number of methoxy groups -OCH3 is 1. The molecule has 10 heteroatoms. The molecular formula is C20H27FN4O4S. The van der Waals surface area contributed by atoms with Gasteiger partial charge in [0.15, 0.2) is 0 Å². The highest BCUT2D eigenvalue weighted by molar-refractivity contribution is 7.80. The fraction of sp³-hybridized carbons (Fsp3) is 0.550. The monoisotopic (exact) mass is 438 g/mol. The minimum Gasteiger partial charge on any atom is -0.453 e. The summed E-state index contributed by atoms with van der Waals surface area (Å²) < 4.78 is 24.9. The largest absolute Gasteiger partial charge is 0.453 e. The molecule has 1 aromatic carbocycles. The van der Waals surface area contributed by atoms with Gasteiger partial charge in [0.1, 0.15) is 11.9 Å². The Hall–Kier alpha value is -2.62. The van der Waals surface area contributed by atoms with Crippen LogP contribution in [0, 0.1) is 5.82 Å². The molecule has 2 amide bonds. The van der Waals surface area contributed by atoms with Crippen molar-refractivity contribution in [3.8, 4) is 0 Å². The van der Waals surface area contributed by atoms with E-state index in [2.05, 4.69) is 5.32 Å². The van der Waals surface area contributed by atoms with E-state index in [1.165, 1.54) is 18.1 Å². The van der Waals surface area contributed by atoms with Crippen molar-refractivity contribution in [1.29, 1.82) is 0 Å². The smallest absolute Gasteiger partial charge is 0.414 e. The number of hydrogen-bond donors (Lipinski definition) is 1. The number of anilines is 2. The van der Waals surface area contributed by atoms with Crippen LogP contribution < -0.4 is 15.1 Å². The SMILES string of the molecule is CCCC(=S)NC[C@H]1CN(c2ccc(N3CCN(C(=O)OC)CC3)c(F)c2)C(=O)O1. The summed E-state index contributed by atoms with van der Waals surface area (Å²) in [4.78, 5) is 29.5. The van der Waals surface area contributed by atoms with Crippen molar-refractivity contribution in [3.05, 3.63) is 24.0 Å². The Balaban J connectivity index is 1.59. The molecule has 30 heavy (non-hydrogen) atoms. The molecule has 3 rings (SSSR count). The molecule has 0 unspecified atom stereocenters. The van der Waals surface area contributed by atoms with Crippen LogP contribution in [0.5, 0.6) is 0 Å². The first-order valence-electron chi connectivity index (χ1n) is 10.0. The molecular weight excluding hydrogens is 411 g/mol. The van der Waals surface area contributed by atoms with Gasteiger partial charge in [0.25, 0.3) is 0 Å². The standard InChI is InChI=1S/C20H27FN4O4S/c1-3-4-18(30)22-12-15-13-25(20(27)29-15)14-5-6-17(16(21)11-14)23-7-9-24(10-8-23)19(26)28-2/h5-6,11,15H,3-4,7-10,12-13H2,1-2H3,(H,22,30)/t15-/m0/s1. The number of rotatable bonds is 6. The van der Waals surface area contributed by atoms with Crippen LogP contribution in [0.25, 0.3) is 0 Å². The van der Waals surface area contributed by atoms with Crippen molar-refractivity contribution in [2.24, 2.45) is 0 Å². The Morgan fingerprint density at radius 2 is 2.07 bits per heavy atom. The van der Waals surface area contributed by atoms with E-state index in [9.17, 15) is 14.0 Å². The van der Waals surface area contributed by atoms with Gasteiger partial charge < -0.3 is 24.6 Å². The van der Waals surface area contributed by atoms with Crippen LogP contribution in [-0.4, -0.2) is 74.6 Å². The topological polar surface area (TPSA) is 74.4 Å². The molecule has 0 saturated carbocycles. The average Bonchev–Trinajstić information content (AvgIpc) is 3.12. The zero-order chi connectivity index (χ0) is 21.7. The Kier molecular flexibility index (Phi) is 7.30. The lowest BCUT2D eigenvalue weighted by atomic mass is 10.2. The van der Waals surface area contributed by atoms with Crippen LogP contribution in [0.3, 0.4) is 0 Å². The molecule has 1 N–H and O–H groups in total. The predicted molar refractivity (Wildman–Crippen MR) is 116 cm³/mol. The average molecular weight is 439 g/mol. The van der Waals surface area contributed by atoms with Gasteiger partial charge in [-0.05, 0) is 31.0 Å². The van der Waals surface area contributed by atoms with Gasteiger partial charge in [-0.1, -0.05) is 19.1 Å². The van der Waals surface area contributed by atoms with Crippen LogP contribution >= 0.6 is 12.2 Å². The van der Waals surface area contributed by atoms with E-state index in [4.69, 9.17) is 21.7 Å². The minimum atomic E-state index is -0.498. The maximum atomic E-state index is 14.8. The Labute approximate surface area is 180 Å². The minimum absolute atomic E-state index is 0.331. The third kappa shape index (κ3) is 5.10. The van der Waals surface area contributed by atoms with Gasteiger partial charge in [0.2, 0.25) is 0 Å². The Morgan fingerprint density at radius 1 is 1.33 bits per heavy atom. The van der Waals surface area contributed by atoms with Gasteiger partial charge >= 0.3 is 12.2 Å². The van der Waals surface area contributed by atoms with Crippen molar-refractivity contribution in [1.82, 2.24) is 10.2 Å². The molecule has 0 bridgehead atoms. The molecule has 0 spiro atoms. The number of nitrogens with one attached hydrogen (secondary N) is 1. The van der Waals surface area contributed by atoms with Crippen molar-refractivity contribution in [2.45, 2.75) is 25.9 Å².